The van der Waals surface area contributed by atoms with Crippen molar-refractivity contribution >= 4 is 11.8 Å². The van der Waals surface area contributed by atoms with Gasteiger partial charge in [-0.2, -0.15) is 0 Å². The maximum Gasteiger partial charge on any atom is 0.293 e. The summed E-state index contributed by atoms with van der Waals surface area (Å²) in [4.78, 5) is 28.5. The number of aromatic nitrogens is 3. The van der Waals surface area contributed by atoms with E-state index in [9.17, 15) is 9.59 Å². The van der Waals surface area contributed by atoms with Crippen LogP contribution in [-0.4, -0.2) is 45.0 Å². The van der Waals surface area contributed by atoms with Crippen LogP contribution in [-0.2, 0) is 11.2 Å². The lowest BCUT2D eigenvalue weighted by Crippen LogP contribution is -2.39. The fourth-order valence-corrected chi connectivity index (χ4v) is 1.48. The topological polar surface area (TPSA) is 105 Å². The number of unbranched alkanes of at least 4 members (excludes halogenated alkanes) is 1. The number of amides is 2. The molecule has 0 spiro atoms. The van der Waals surface area contributed by atoms with Crippen LogP contribution in [0.25, 0.3) is 0 Å². The smallest absolute Gasteiger partial charge is 0.293 e. The third kappa shape index (κ3) is 3.83. The molecule has 1 aromatic heterocycles. The third-order valence-electron chi connectivity index (χ3n) is 2.47. The number of rotatable bonds is 7. The summed E-state index contributed by atoms with van der Waals surface area (Å²) in [6.45, 7) is 4.30. The minimum atomic E-state index is -0.536. The summed E-state index contributed by atoms with van der Waals surface area (Å²) < 4.78 is 0. The molecule has 1 heterocycles. The zero-order valence-electron chi connectivity index (χ0n) is 10.8. The van der Waals surface area contributed by atoms with Crippen molar-refractivity contribution in [2.24, 2.45) is 5.73 Å². The van der Waals surface area contributed by atoms with Gasteiger partial charge in [0.2, 0.25) is 11.7 Å². The molecule has 0 fully saturated rings. The quantitative estimate of drug-likeness (QED) is 0.718. The normalized spacial score (nSPS) is 10.3. The predicted molar refractivity (Wildman–Crippen MR) is 65.8 cm³/mol. The largest absolute Gasteiger partial charge is 0.368 e. The van der Waals surface area contributed by atoms with Gasteiger partial charge in [-0.1, -0.05) is 20.3 Å². The summed E-state index contributed by atoms with van der Waals surface area (Å²) >= 11 is 0. The first kappa shape index (κ1) is 14.1. The third-order valence-corrected chi connectivity index (χ3v) is 2.47. The van der Waals surface area contributed by atoms with Gasteiger partial charge in [-0.3, -0.25) is 14.7 Å². The standard InChI is InChI=1S/C11H19N5O2/c1-3-5-6-16(7-8(12)17)11(18)10-13-9(4-2)14-15-10/h3-7H2,1-2H3,(H2,12,17)(H,13,14,15). The van der Waals surface area contributed by atoms with E-state index in [1.165, 1.54) is 4.90 Å². The van der Waals surface area contributed by atoms with Crippen molar-refractivity contribution in [3.05, 3.63) is 11.6 Å². The number of hydrogen-bond acceptors (Lipinski definition) is 4. The van der Waals surface area contributed by atoms with Crippen molar-refractivity contribution in [1.29, 1.82) is 0 Å². The molecule has 0 aliphatic carbocycles. The van der Waals surface area contributed by atoms with Gasteiger partial charge in [0.25, 0.3) is 5.91 Å². The fourth-order valence-electron chi connectivity index (χ4n) is 1.48. The summed E-state index contributed by atoms with van der Waals surface area (Å²) in [5, 5.41) is 6.52. The molecule has 7 nitrogen and oxygen atoms in total. The van der Waals surface area contributed by atoms with Crippen LogP contribution in [0.5, 0.6) is 0 Å². The first-order chi connectivity index (χ1) is 8.58. The van der Waals surface area contributed by atoms with Crippen molar-refractivity contribution in [3.63, 3.8) is 0 Å². The van der Waals surface area contributed by atoms with E-state index in [1.807, 2.05) is 13.8 Å². The second-order valence-corrected chi connectivity index (χ2v) is 4.01. The van der Waals surface area contributed by atoms with Crippen LogP contribution in [0.4, 0.5) is 0 Å². The van der Waals surface area contributed by atoms with E-state index in [4.69, 9.17) is 5.73 Å². The second kappa shape index (κ2) is 6.73. The molecule has 0 saturated carbocycles. The monoisotopic (exact) mass is 253 g/mol. The lowest BCUT2D eigenvalue weighted by Gasteiger charge is -2.18. The molecule has 1 aromatic rings. The van der Waals surface area contributed by atoms with Gasteiger partial charge in [0.05, 0.1) is 6.54 Å². The molecule has 18 heavy (non-hydrogen) atoms. The highest BCUT2D eigenvalue weighted by atomic mass is 16.2. The minimum absolute atomic E-state index is 0.0872. The molecule has 0 radical (unpaired) electrons. The van der Waals surface area contributed by atoms with Gasteiger partial charge in [-0.05, 0) is 6.42 Å². The highest BCUT2D eigenvalue weighted by Crippen LogP contribution is 2.02. The molecule has 0 aromatic carbocycles. The van der Waals surface area contributed by atoms with Gasteiger partial charge in [-0.15, -0.1) is 5.10 Å². The summed E-state index contributed by atoms with van der Waals surface area (Å²) in [6, 6.07) is 0. The SMILES string of the molecule is CCCCN(CC(N)=O)C(=O)c1n[nH]c(CC)n1. The van der Waals surface area contributed by atoms with Crippen LogP contribution < -0.4 is 5.73 Å². The maximum absolute atomic E-state index is 12.1. The zero-order valence-corrected chi connectivity index (χ0v) is 10.8. The number of hydrogen-bond donors (Lipinski definition) is 2. The van der Waals surface area contributed by atoms with Gasteiger partial charge in [0, 0.05) is 13.0 Å². The number of H-pyrrole nitrogens is 1. The van der Waals surface area contributed by atoms with Crippen molar-refractivity contribution in [3.8, 4) is 0 Å². The molecule has 0 saturated heterocycles. The Morgan fingerprint density at radius 1 is 1.39 bits per heavy atom. The van der Waals surface area contributed by atoms with Gasteiger partial charge in [-0.25, -0.2) is 4.98 Å². The molecule has 2 amide bonds. The maximum atomic E-state index is 12.1. The van der Waals surface area contributed by atoms with E-state index in [-0.39, 0.29) is 18.3 Å². The summed E-state index contributed by atoms with van der Waals surface area (Å²) in [7, 11) is 0. The van der Waals surface area contributed by atoms with E-state index >= 15 is 0 Å². The van der Waals surface area contributed by atoms with Gasteiger partial charge in [0.1, 0.15) is 5.82 Å². The number of carbonyl (C=O) groups is 2. The molecule has 7 heteroatoms. The number of nitrogens with zero attached hydrogens (tertiary/aromatic N) is 3. The number of aromatic amines is 1. The molecule has 0 aliphatic heterocycles. The van der Waals surface area contributed by atoms with Crippen LogP contribution in [0, 0.1) is 0 Å². The number of primary amides is 1. The predicted octanol–water partition coefficient (Wildman–Crippen LogP) is 0.0947. The van der Waals surface area contributed by atoms with E-state index in [2.05, 4.69) is 15.2 Å². The molecule has 0 atom stereocenters. The lowest BCUT2D eigenvalue weighted by molar-refractivity contribution is -0.118. The van der Waals surface area contributed by atoms with Gasteiger partial charge in [0.15, 0.2) is 0 Å². The number of aryl methyl sites for hydroxylation is 1. The number of nitrogens with two attached hydrogens (primary N) is 1. The van der Waals surface area contributed by atoms with Crippen molar-refractivity contribution in [2.75, 3.05) is 13.1 Å². The Bertz CT molecular complexity index is 415. The molecule has 3 N–H and O–H groups in total. The highest BCUT2D eigenvalue weighted by molar-refractivity contribution is 5.93. The Hall–Kier alpha value is -1.92. The number of nitrogens with one attached hydrogen (secondary N) is 1. The second-order valence-electron chi connectivity index (χ2n) is 4.01. The fraction of sp³-hybridized carbons (Fsp3) is 0.636. The summed E-state index contributed by atoms with van der Waals surface area (Å²) in [6.07, 6.45) is 2.41. The molecular formula is C11H19N5O2. The minimum Gasteiger partial charge on any atom is -0.368 e. The average molecular weight is 253 g/mol. The molecule has 0 unspecified atom stereocenters. The first-order valence-electron chi connectivity index (χ1n) is 6.07. The Labute approximate surface area is 106 Å². The Kier molecular flexibility index (Phi) is 5.29. The van der Waals surface area contributed by atoms with Crippen LogP contribution in [0.2, 0.25) is 0 Å². The van der Waals surface area contributed by atoms with E-state index < -0.39 is 5.91 Å². The Morgan fingerprint density at radius 3 is 2.61 bits per heavy atom. The van der Waals surface area contributed by atoms with Crippen LogP contribution in [0.1, 0.15) is 43.1 Å². The average Bonchev–Trinajstić information content (AvgIpc) is 2.81. The molecule has 1 rings (SSSR count). The van der Waals surface area contributed by atoms with E-state index in [1.54, 1.807) is 0 Å². The van der Waals surface area contributed by atoms with Crippen molar-refractivity contribution < 1.29 is 9.59 Å². The molecule has 0 aliphatic rings. The van der Waals surface area contributed by atoms with E-state index in [0.717, 1.165) is 12.8 Å². The Morgan fingerprint density at radius 2 is 2.11 bits per heavy atom. The lowest BCUT2D eigenvalue weighted by atomic mass is 10.3. The van der Waals surface area contributed by atoms with E-state index in [0.29, 0.717) is 18.8 Å². The molecular weight excluding hydrogens is 234 g/mol. The highest BCUT2D eigenvalue weighted by Gasteiger charge is 2.21. The summed E-state index contributed by atoms with van der Waals surface area (Å²) in [5.41, 5.74) is 5.13. The number of carbonyl (C=O) groups excluding carboxylic acids is 2. The van der Waals surface area contributed by atoms with Crippen molar-refractivity contribution in [1.82, 2.24) is 20.1 Å². The first-order valence-corrected chi connectivity index (χ1v) is 6.07. The molecule has 0 bridgehead atoms. The zero-order chi connectivity index (χ0) is 13.5. The van der Waals surface area contributed by atoms with Crippen LogP contribution in [0.15, 0.2) is 0 Å². The van der Waals surface area contributed by atoms with Crippen molar-refractivity contribution in [2.45, 2.75) is 33.1 Å². The molecule has 100 valence electrons. The summed E-state index contributed by atoms with van der Waals surface area (Å²) in [5.74, 6) is -0.166. The van der Waals surface area contributed by atoms with Crippen LogP contribution in [0.3, 0.4) is 0 Å². The van der Waals surface area contributed by atoms with Crippen LogP contribution >= 0.6 is 0 Å². The Balaban J connectivity index is 2.76. The van der Waals surface area contributed by atoms with Gasteiger partial charge >= 0.3 is 0 Å². The van der Waals surface area contributed by atoms with Gasteiger partial charge < -0.3 is 10.6 Å².